The van der Waals surface area contributed by atoms with Crippen molar-refractivity contribution in [3.05, 3.63) is 230 Å². The van der Waals surface area contributed by atoms with Gasteiger partial charge < -0.3 is 18.9 Å². The van der Waals surface area contributed by atoms with Gasteiger partial charge in [-0.15, -0.1) is 0 Å². The van der Waals surface area contributed by atoms with E-state index < -0.39 is 0 Å². The third-order valence-corrected chi connectivity index (χ3v) is 12.8. The SMILES string of the molecule is Fc1ccc(-n2c3ccccc3c3cc(N(c4ccc5c(c4)N(c4ccccc4)c4cccc6cccc-5c46)c4ccc5c(c4)c4ccccc4n5-c4ccccc4)ccc32)cc1. The van der Waals surface area contributed by atoms with E-state index in [9.17, 15) is 4.39 Å². The molecule has 12 aromatic rings. The first-order chi connectivity index (χ1) is 31.2. The minimum absolute atomic E-state index is 0.252. The highest BCUT2D eigenvalue weighted by molar-refractivity contribution is 6.15. The van der Waals surface area contributed by atoms with E-state index in [1.807, 2.05) is 12.1 Å². The van der Waals surface area contributed by atoms with Crippen LogP contribution in [0.5, 0.6) is 0 Å². The van der Waals surface area contributed by atoms with E-state index in [2.05, 4.69) is 219 Å². The Kier molecular flexibility index (Phi) is 7.75. The molecule has 0 radical (unpaired) electrons. The van der Waals surface area contributed by atoms with E-state index in [1.165, 1.54) is 44.8 Å². The zero-order valence-corrected chi connectivity index (χ0v) is 34.0. The Morgan fingerprint density at radius 2 is 0.841 bits per heavy atom. The lowest BCUT2D eigenvalue weighted by molar-refractivity contribution is 0.627. The molecule has 0 fully saturated rings. The van der Waals surface area contributed by atoms with Crippen molar-refractivity contribution in [1.29, 1.82) is 0 Å². The molecule has 4 nitrogen and oxygen atoms in total. The number of benzene rings is 10. The third kappa shape index (κ3) is 5.40. The summed E-state index contributed by atoms with van der Waals surface area (Å²) in [5, 5.41) is 7.09. The van der Waals surface area contributed by atoms with Gasteiger partial charge >= 0.3 is 0 Å². The summed E-state index contributed by atoms with van der Waals surface area (Å²) in [6.07, 6.45) is 0. The lowest BCUT2D eigenvalue weighted by atomic mass is 9.90. The molecule has 0 unspecified atom stereocenters. The van der Waals surface area contributed by atoms with Crippen LogP contribution in [-0.4, -0.2) is 9.13 Å². The number of rotatable bonds is 6. The van der Waals surface area contributed by atoms with Gasteiger partial charge in [0, 0.05) is 66.6 Å². The van der Waals surface area contributed by atoms with Gasteiger partial charge in [0.2, 0.25) is 0 Å². The van der Waals surface area contributed by atoms with E-state index in [0.29, 0.717) is 0 Å². The fourth-order valence-corrected chi connectivity index (χ4v) is 10.2. The van der Waals surface area contributed by atoms with Gasteiger partial charge in [0.25, 0.3) is 0 Å². The summed E-state index contributed by atoms with van der Waals surface area (Å²) in [5.41, 5.74) is 15.4. The molecule has 2 aromatic heterocycles. The highest BCUT2D eigenvalue weighted by atomic mass is 19.1. The second kappa shape index (κ2) is 13.8. The minimum Gasteiger partial charge on any atom is -0.310 e. The van der Waals surface area contributed by atoms with Crippen molar-refractivity contribution >= 4 is 88.5 Å². The maximum absolute atomic E-state index is 14.2. The quantitative estimate of drug-likeness (QED) is 0.166. The van der Waals surface area contributed by atoms with Gasteiger partial charge in [-0.1, -0.05) is 109 Å². The highest BCUT2D eigenvalue weighted by Crippen LogP contribution is 2.53. The molecule has 13 rings (SSSR count). The van der Waals surface area contributed by atoms with Crippen molar-refractivity contribution in [2.24, 2.45) is 0 Å². The molecular weight excluding hydrogens is 772 g/mol. The number of aromatic nitrogens is 2. The third-order valence-electron chi connectivity index (χ3n) is 12.8. The molecule has 63 heavy (non-hydrogen) atoms. The molecule has 3 heterocycles. The standard InChI is InChI=1S/C58H37FN4/c59-39-25-27-42(28-26-39)62-53-23-10-8-20-47(53)51-36-44(31-34-55(51)62)60(43-30-33-54-50(35-43)46-19-7-9-22-52(46)61(54)40-15-3-1-4-16-40)45-29-32-48-49-21-11-13-38-14-12-24-56(58(38)49)63(57(48)37-45)41-17-5-2-6-18-41/h1-37H. The van der Waals surface area contributed by atoms with Crippen molar-refractivity contribution in [2.75, 3.05) is 9.80 Å². The van der Waals surface area contributed by atoms with Gasteiger partial charge in [-0.3, -0.25) is 0 Å². The van der Waals surface area contributed by atoms with Crippen molar-refractivity contribution in [3.8, 4) is 22.5 Å². The van der Waals surface area contributed by atoms with Crippen LogP contribution in [0.3, 0.4) is 0 Å². The van der Waals surface area contributed by atoms with Gasteiger partial charge in [0.1, 0.15) is 5.82 Å². The summed E-state index contributed by atoms with van der Waals surface area (Å²) >= 11 is 0. The van der Waals surface area contributed by atoms with Gasteiger partial charge in [0.15, 0.2) is 0 Å². The van der Waals surface area contributed by atoms with Crippen LogP contribution in [0.25, 0.3) is 76.9 Å². The molecule has 1 aliphatic rings. The highest BCUT2D eigenvalue weighted by Gasteiger charge is 2.28. The average molecular weight is 809 g/mol. The summed E-state index contributed by atoms with van der Waals surface area (Å²) in [6.45, 7) is 0. The number of hydrogen-bond acceptors (Lipinski definition) is 2. The molecule has 1 aliphatic heterocycles. The number of nitrogens with zero attached hydrogens (tertiary/aromatic N) is 4. The van der Waals surface area contributed by atoms with E-state index >= 15 is 0 Å². The summed E-state index contributed by atoms with van der Waals surface area (Å²) in [5.74, 6) is -0.252. The first-order valence-corrected chi connectivity index (χ1v) is 21.4. The van der Waals surface area contributed by atoms with Crippen molar-refractivity contribution in [1.82, 2.24) is 9.13 Å². The van der Waals surface area contributed by atoms with Gasteiger partial charge in [-0.05, 0) is 126 Å². The number of hydrogen-bond donors (Lipinski definition) is 0. The molecule has 296 valence electrons. The Balaban J connectivity index is 1.08. The molecule has 0 amide bonds. The Morgan fingerprint density at radius 1 is 0.333 bits per heavy atom. The number of halogens is 1. The first kappa shape index (κ1) is 35.4. The number of para-hydroxylation sites is 4. The van der Waals surface area contributed by atoms with Crippen LogP contribution in [0.4, 0.5) is 38.5 Å². The lowest BCUT2D eigenvalue weighted by Gasteiger charge is -2.35. The van der Waals surface area contributed by atoms with Crippen LogP contribution >= 0.6 is 0 Å². The Labute approximate surface area is 363 Å². The van der Waals surface area contributed by atoms with Crippen LogP contribution < -0.4 is 9.80 Å². The van der Waals surface area contributed by atoms with Crippen LogP contribution in [0, 0.1) is 5.82 Å². The second-order valence-electron chi connectivity index (χ2n) is 16.3. The van der Waals surface area contributed by atoms with E-state index in [1.54, 1.807) is 0 Å². The molecule has 0 spiro atoms. The van der Waals surface area contributed by atoms with Crippen LogP contribution in [-0.2, 0) is 0 Å². The average Bonchev–Trinajstić information content (AvgIpc) is 3.85. The smallest absolute Gasteiger partial charge is 0.123 e. The predicted molar refractivity (Wildman–Crippen MR) is 261 cm³/mol. The Bertz CT molecular complexity index is 3750. The largest absolute Gasteiger partial charge is 0.310 e. The maximum Gasteiger partial charge on any atom is 0.123 e. The molecule has 0 bridgehead atoms. The molecule has 0 aliphatic carbocycles. The normalized spacial score (nSPS) is 12.2. The number of fused-ring (bicyclic) bond motifs is 8. The lowest BCUT2D eigenvalue weighted by Crippen LogP contribution is -2.16. The van der Waals surface area contributed by atoms with E-state index in [4.69, 9.17) is 0 Å². The van der Waals surface area contributed by atoms with Gasteiger partial charge in [0.05, 0.1) is 33.4 Å². The first-order valence-electron chi connectivity index (χ1n) is 21.4. The fourth-order valence-electron chi connectivity index (χ4n) is 10.2. The molecule has 5 heteroatoms. The van der Waals surface area contributed by atoms with Crippen LogP contribution in [0.2, 0.25) is 0 Å². The van der Waals surface area contributed by atoms with E-state index in [0.717, 1.165) is 78.3 Å². The minimum atomic E-state index is -0.252. The van der Waals surface area contributed by atoms with Gasteiger partial charge in [-0.25, -0.2) is 4.39 Å². The predicted octanol–water partition coefficient (Wildman–Crippen LogP) is 16.1. The second-order valence-corrected chi connectivity index (χ2v) is 16.3. The molecule has 0 N–H and O–H groups in total. The maximum atomic E-state index is 14.2. The van der Waals surface area contributed by atoms with Crippen molar-refractivity contribution in [2.45, 2.75) is 0 Å². The van der Waals surface area contributed by atoms with Crippen molar-refractivity contribution in [3.63, 3.8) is 0 Å². The molecule has 0 saturated carbocycles. The summed E-state index contributed by atoms with van der Waals surface area (Å²) in [4.78, 5) is 4.82. The summed E-state index contributed by atoms with van der Waals surface area (Å²) in [7, 11) is 0. The molecule has 0 saturated heterocycles. The monoisotopic (exact) mass is 808 g/mol. The zero-order valence-electron chi connectivity index (χ0n) is 34.0. The number of anilines is 6. The van der Waals surface area contributed by atoms with E-state index in [-0.39, 0.29) is 5.82 Å². The Morgan fingerprint density at radius 3 is 1.48 bits per heavy atom. The zero-order chi connectivity index (χ0) is 41.6. The van der Waals surface area contributed by atoms with Crippen LogP contribution in [0.1, 0.15) is 0 Å². The summed E-state index contributed by atoms with van der Waals surface area (Å²) < 4.78 is 18.8. The molecule has 10 aromatic carbocycles. The fraction of sp³-hybridized carbons (Fsp3) is 0. The van der Waals surface area contributed by atoms with Gasteiger partial charge in [-0.2, -0.15) is 0 Å². The topological polar surface area (TPSA) is 16.3 Å². The Hall–Kier alpha value is -8.41. The van der Waals surface area contributed by atoms with Crippen molar-refractivity contribution < 1.29 is 4.39 Å². The molecule has 0 atom stereocenters. The van der Waals surface area contributed by atoms with Crippen LogP contribution in [0.15, 0.2) is 224 Å². The summed E-state index contributed by atoms with van der Waals surface area (Å²) in [6, 6.07) is 79.1. The molecular formula is C58H37FN4.